The van der Waals surface area contributed by atoms with Crippen molar-refractivity contribution in [1.82, 2.24) is 4.98 Å². The summed E-state index contributed by atoms with van der Waals surface area (Å²) in [6.07, 6.45) is 6.89. The van der Waals surface area contributed by atoms with Crippen LogP contribution in [-0.2, 0) is 26.1 Å². The average molecular weight is 616 g/mol. The van der Waals surface area contributed by atoms with E-state index in [0.29, 0.717) is 23.9 Å². The molecule has 1 atom stereocenters. The number of esters is 1. The van der Waals surface area contributed by atoms with E-state index < -0.39 is 21.7 Å². The number of nitrogen functional groups attached to an aromatic ring is 1. The number of pyridine rings is 1. The van der Waals surface area contributed by atoms with Crippen molar-refractivity contribution in [2.75, 3.05) is 10.6 Å². The van der Waals surface area contributed by atoms with Gasteiger partial charge in [0.25, 0.3) is 10.1 Å². The van der Waals surface area contributed by atoms with Crippen LogP contribution >= 0.6 is 0 Å². The summed E-state index contributed by atoms with van der Waals surface area (Å²) in [7, 11) is -4.19. The van der Waals surface area contributed by atoms with Crippen LogP contribution in [0, 0.1) is 0 Å². The first kappa shape index (κ1) is 31.0. The van der Waals surface area contributed by atoms with Crippen molar-refractivity contribution < 1.29 is 27.6 Å². The highest BCUT2D eigenvalue weighted by Gasteiger charge is 2.45. The normalized spacial score (nSPS) is 18.4. The monoisotopic (exact) mass is 615 g/mol. The SMILES string of the molecule is CCCC1(CCc2ccccc2)CC(O)=C(N(c2cccc(N)c2)C2CC2)C(=O)O1.O=S(=O)(O)c1cccc2cccnc12. The summed E-state index contributed by atoms with van der Waals surface area (Å²) in [5.41, 5.74) is 8.53. The van der Waals surface area contributed by atoms with Crippen LogP contribution < -0.4 is 10.6 Å². The van der Waals surface area contributed by atoms with Gasteiger partial charge in [0.2, 0.25) is 0 Å². The Hall–Kier alpha value is -4.41. The molecule has 2 aliphatic rings. The zero-order valence-electron chi connectivity index (χ0n) is 24.6. The van der Waals surface area contributed by atoms with Crippen molar-refractivity contribution >= 4 is 38.4 Å². The molecule has 4 aromatic rings. The van der Waals surface area contributed by atoms with Gasteiger partial charge >= 0.3 is 5.97 Å². The number of carbonyl (C=O) groups excluding carboxylic acids is 1. The molecule has 6 rings (SSSR count). The summed E-state index contributed by atoms with van der Waals surface area (Å²) < 4.78 is 36.9. The van der Waals surface area contributed by atoms with E-state index >= 15 is 0 Å². The third-order valence-electron chi connectivity index (χ3n) is 7.86. The molecule has 0 amide bonds. The minimum atomic E-state index is -4.19. The maximum atomic E-state index is 13.2. The van der Waals surface area contributed by atoms with E-state index in [4.69, 9.17) is 15.0 Å². The summed E-state index contributed by atoms with van der Waals surface area (Å²) in [6, 6.07) is 25.9. The van der Waals surface area contributed by atoms with Crippen LogP contribution in [0.3, 0.4) is 0 Å². The number of hydrogen-bond donors (Lipinski definition) is 3. The summed E-state index contributed by atoms with van der Waals surface area (Å²) in [6.45, 7) is 2.08. The van der Waals surface area contributed by atoms with Crippen LogP contribution in [0.1, 0.15) is 51.0 Å². The molecule has 1 fully saturated rings. The third kappa shape index (κ3) is 7.20. The number of carbonyl (C=O) groups is 1. The second-order valence-electron chi connectivity index (χ2n) is 11.3. The van der Waals surface area contributed by atoms with Gasteiger partial charge in [0.1, 0.15) is 16.3 Å². The van der Waals surface area contributed by atoms with E-state index in [9.17, 15) is 18.3 Å². The van der Waals surface area contributed by atoms with Gasteiger partial charge in [-0.1, -0.05) is 67.9 Å². The van der Waals surface area contributed by atoms with Gasteiger partial charge in [0.05, 0.1) is 5.52 Å². The fourth-order valence-electron chi connectivity index (χ4n) is 5.72. The summed E-state index contributed by atoms with van der Waals surface area (Å²) in [5, 5.41) is 11.8. The number of cyclic esters (lactones) is 1. The van der Waals surface area contributed by atoms with Gasteiger partial charge in [-0.2, -0.15) is 8.42 Å². The molecule has 2 heterocycles. The van der Waals surface area contributed by atoms with Gasteiger partial charge in [-0.25, -0.2) is 4.79 Å². The molecule has 0 spiro atoms. The number of aliphatic hydroxyl groups excluding tert-OH is 1. The van der Waals surface area contributed by atoms with Crippen molar-refractivity contribution in [3.63, 3.8) is 0 Å². The summed E-state index contributed by atoms with van der Waals surface area (Å²) >= 11 is 0. The Morgan fingerprint density at radius 1 is 1.00 bits per heavy atom. The number of anilines is 2. The van der Waals surface area contributed by atoms with E-state index in [1.165, 1.54) is 17.8 Å². The second-order valence-corrected chi connectivity index (χ2v) is 12.7. The van der Waals surface area contributed by atoms with Crippen LogP contribution in [0.5, 0.6) is 0 Å². The number of aliphatic hydroxyl groups is 1. The van der Waals surface area contributed by atoms with Gasteiger partial charge in [0, 0.05) is 35.4 Å². The summed E-state index contributed by atoms with van der Waals surface area (Å²) in [5.74, 6) is -0.309. The number of hydrogen-bond acceptors (Lipinski definition) is 8. The number of nitrogens with two attached hydrogens (primary N) is 1. The fraction of sp³-hybridized carbons (Fsp3) is 0.294. The molecule has 1 saturated carbocycles. The Balaban J connectivity index is 0.000000229. The Morgan fingerprint density at radius 2 is 1.73 bits per heavy atom. The Kier molecular flexibility index (Phi) is 9.22. The first-order valence-electron chi connectivity index (χ1n) is 14.8. The topological polar surface area (TPSA) is 143 Å². The zero-order valence-corrected chi connectivity index (χ0v) is 25.4. The molecule has 1 unspecified atom stereocenters. The van der Waals surface area contributed by atoms with E-state index in [0.717, 1.165) is 37.8 Å². The van der Waals surface area contributed by atoms with E-state index in [2.05, 4.69) is 24.0 Å². The molecule has 0 saturated heterocycles. The molecule has 44 heavy (non-hydrogen) atoms. The molecule has 1 aliphatic carbocycles. The van der Waals surface area contributed by atoms with Crippen molar-refractivity contribution in [1.29, 1.82) is 0 Å². The number of aryl methyl sites for hydroxylation is 1. The molecule has 10 heteroatoms. The highest BCUT2D eigenvalue weighted by Crippen LogP contribution is 2.42. The molecule has 230 valence electrons. The number of aromatic nitrogens is 1. The zero-order chi connectivity index (χ0) is 31.3. The molecule has 4 N–H and O–H groups in total. The van der Waals surface area contributed by atoms with Gasteiger partial charge in [-0.3, -0.25) is 9.54 Å². The molecule has 1 aromatic heterocycles. The number of para-hydroxylation sites is 1. The number of nitrogens with zero attached hydrogens (tertiary/aromatic N) is 2. The van der Waals surface area contributed by atoms with Crippen LogP contribution in [0.4, 0.5) is 11.4 Å². The van der Waals surface area contributed by atoms with Crippen molar-refractivity contribution in [2.24, 2.45) is 0 Å². The second kappa shape index (κ2) is 13.1. The van der Waals surface area contributed by atoms with Gasteiger partial charge < -0.3 is 20.5 Å². The first-order chi connectivity index (χ1) is 21.1. The van der Waals surface area contributed by atoms with Crippen molar-refractivity contribution in [3.05, 3.63) is 108 Å². The number of ether oxygens (including phenoxy) is 1. The van der Waals surface area contributed by atoms with Crippen molar-refractivity contribution in [3.8, 4) is 0 Å². The molecule has 3 aromatic carbocycles. The maximum absolute atomic E-state index is 13.2. The van der Waals surface area contributed by atoms with E-state index in [-0.39, 0.29) is 27.9 Å². The summed E-state index contributed by atoms with van der Waals surface area (Å²) in [4.78, 5) is 18.9. The minimum Gasteiger partial charge on any atom is -0.510 e. The maximum Gasteiger partial charge on any atom is 0.359 e. The Morgan fingerprint density at radius 3 is 2.39 bits per heavy atom. The molecular formula is C34H37N3O6S. The lowest BCUT2D eigenvalue weighted by atomic mass is 9.84. The van der Waals surface area contributed by atoms with E-state index in [1.54, 1.807) is 24.3 Å². The number of benzene rings is 3. The van der Waals surface area contributed by atoms with Gasteiger partial charge in [-0.05, 0) is 68.0 Å². The minimum absolute atomic E-state index is 0.127. The Bertz CT molecular complexity index is 1770. The van der Waals surface area contributed by atoms with Crippen LogP contribution in [0.2, 0.25) is 0 Å². The average Bonchev–Trinajstić information content (AvgIpc) is 3.84. The lowest BCUT2D eigenvalue weighted by Crippen LogP contribution is -2.45. The lowest BCUT2D eigenvalue weighted by molar-refractivity contribution is -0.160. The Labute approximate surface area is 257 Å². The number of rotatable bonds is 9. The molecule has 9 nitrogen and oxygen atoms in total. The molecule has 0 bridgehead atoms. The van der Waals surface area contributed by atoms with Crippen molar-refractivity contribution in [2.45, 2.75) is 68.4 Å². The van der Waals surface area contributed by atoms with Crippen LogP contribution in [0.15, 0.2) is 107 Å². The lowest BCUT2D eigenvalue weighted by Gasteiger charge is -2.40. The first-order valence-corrected chi connectivity index (χ1v) is 16.2. The van der Waals surface area contributed by atoms with E-state index in [1.807, 2.05) is 47.4 Å². The van der Waals surface area contributed by atoms with Gasteiger partial charge in [0.15, 0.2) is 5.70 Å². The highest BCUT2D eigenvalue weighted by molar-refractivity contribution is 7.86. The van der Waals surface area contributed by atoms with Gasteiger partial charge in [-0.15, -0.1) is 0 Å². The fourth-order valence-corrected chi connectivity index (χ4v) is 6.38. The van der Waals surface area contributed by atoms with Crippen LogP contribution in [0.25, 0.3) is 10.9 Å². The smallest absolute Gasteiger partial charge is 0.359 e. The number of fused-ring (bicyclic) bond motifs is 1. The quantitative estimate of drug-likeness (QED) is 0.108. The van der Waals surface area contributed by atoms with Crippen LogP contribution in [-0.4, -0.2) is 40.7 Å². The molecule has 1 aliphatic heterocycles. The molecular weight excluding hydrogens is 578 g/mol. The third-order valence-corrected chi connectivity index (χ3v) is 8.74. The predicted octanol–water partition coefficient (Wildman–Crippen LogP) is 6.61. The molecule has 0 radical (unpaired) electrons. The predicted molar refractivity (Wildman–Crippen MR) is 171 cm³/mol. The highest BCUT2D eigenvalue weighted by atomic mass is 32.2. The standard InChI is InChI=1S/C25H30N2O3.C9H7NO3S/c1-2-14-25(15-13-18-7-4-3-5-8-18)17-22(28)23(24(29)30-25)27(20-11-12-20)21-10-6-9-19(26)16-21;11-14(12,13)8-5-1-3-7-4-2-6-10-9(7)8/h3-10,16,20,28H,2,11-15,17,26H2,1H3;1-6H,(H,11,12,13). The largest absolute Gasteiger partial charge is 0.510 e.